The molecular weight excluding hydrogens is 287 g/mol. The summed E-state index contributed by atoms with van der Waals surface area (Å²) in [5, 5.41) is 4.09. The Labute approximate surface area is 136 Å². The lowest BCUT2D eigenvalue weighted by molar-refractivity contribution is 0.713. The van der Waals surface area contributed by atoms with Crippen molar-refractivity contribution < 1.29 is 0 Å². The van der Waals surface area contributed by atoms with E-state index >= 15 is 0 Å². The topological polar surface area (TPSA) is 24.9 Å². The molecule has 0 saturated carbocycles. The number of pyridine rings is 1. The molecule has 1 N–H and O–H groups in total. The summed E-state index contributed by atoms with van der Waals surface area (Å²) in [6.07, 6.45) is 8.16. The Morgan fingerprint density at radius 3 is 2.27 bits per heavy atom. The van der Waals surface area contributed by atoms with Crippen molar-refractivity contribution in [2.75, 3.05) is 0 Å². The van der Waals surface area contributed by atoms with Gasteiger partial charge in [-0.3, -0.25) is 4.98 Å². The summed E-state index contributed by atoms with van der Waals surface area (Å²) in [6.45, 7) is 14.0. The average molecular weight is 314 g/mol. The predicted molar refractivity (Wildman–Crippen MR) is 99.0 cm³/mol. The van der Waals surface area contributed by atoms with Crippen molar-refractivity contribution in [3.05, 3.63) is 59.8 Å². The second kappa shape index (κ2) is 6.38. The van der Waals surface area contributed by atoms with Gasteiger partial charge in [0.25, 0.3) is 0 Å². The second-order valence-corrected chi connectivity index (χ2v) is 11.3. The fraction of sp³-hybridized carbons (Fsp3) is 0.421. The first-order valence-electron chi connectivity index (χ1n) is 7.76. The Morgan fingerprint density at radius 1 is 1.05 bits per heavy atom. The standard InChI is InChI=1S/C19H27N2P/c1-18(2,3)22(19(4,5)6)14-15-10-9-12-17(21-15)16-11-7-8-13-20-16/h7-14,21H,1-6H3. The quantitative estimate of drug-likeness (QED) is 0.729. The number of nitrogens with zero attached hydrogens (tertiary/aromatic N) is 1. The third kappa shape index (κ3) is 4.30. The van der Waals surface area contributed by atoms with Crippen LogP contribution in [0.3, 0.4) is 0 Å². The fourth-order valence-electron chi connectivity index (χ4n) is 2.77. The Bertz CT molecular complexity index is 585. The van der Waals surface area contributed by atoms with Crippen molar-refractivity contribution in [2.24, 2.45) is 0 Å². The molecule has 2 nitrogen and oxygen atoms in total. The summed E-state index contributed by atoms with van der Waals surface area (Å²) in [7, 11) is -0.277. The molecule has 0 atom stereocenters. The molecule has 0 fully saturated rings. The van der Waals surface area contributed by atoms with Gasteiger partial charge in [0.05, 0.1) is 11.4 Å². The third-order valence-electron chi connectivity index (χ3n) is 3.47. The maximum Gasteiger partial charge on any atom is 0.0864 e. The minimum atomic E-state index is -0.277. The van der Waals surface area contributed by atoms with E-state index in [2.05, 4.69) is 75.9 Å². The van der Waals surface area contributed by atoms with Crippen LogP contribution in [-0.4, -0.2) is 15.3 Å². The van der Waals surface area contributed by atoms with Crippen molar-refractivity contribution in [1.29, 1.82) is 0 Å². The van der Waals surface area contributed by atoms with E-state index in [0.717, 1.165) is 11.4 Å². The molecular formula is C19H27N2P. The van der Waals surface area contributed by atoms with Gasteiger partial charge in [0, 0.05) is 11.9 Å². The molecule has 22 heavy (non-hydrogen) atoms. The Kier molecular flexibility index (Phi) is 4.92. The largest absolute Gasteiger partial charge is 0.354 e. The van der Waals surface area contributed by atoms with Gasteiger partial charge in [-0.15, -0.1) is 0 Å². The van der Waals surface area contributed by atoms with Crippen molar-refractivity contribution in [3.63, 3.8) is 0 Å². The van der Waals surface area contributed by atoms with Crippen LogP contribution in [0.15, 0.2) is 54.1 Å². The van der Waals surface area contributed by atoms with Crippen molar-refractivity contribution in [2.45, 2.75) is 51.9 Å². The number of dihydropyridines is 1. The predicted octanol–water partition coefficient (Wildman–Crippen LogP) is 5.50. The van der Waals surface area contributed by atoms with Crippen LogP contribution in [0.4, 0.5) is 0 Å². The van der Waals surface area contributed by atoms with E-state index in [-0.39, 0.29) is 18.2 Å². The highest BCUT2D eigenvalue weighted by Crippen LogP contribution is 2.60. The number of hydrogen-bond acceptors (Lipinski definition) is 2. The van der Waals surface area contributed by atoms with Crippen molar-refractivity contribution >= 4 is 13.6 Å². The first-order chi connectivity index (χ1) is 10.2. The molecule has 0 aliphatic carbocycles. The summed E-state index contributed by atoms with van der Waals surface area (Å²) < 4.78 is 0. The first kappa shape index (κ1) is 17.0. The molecule has 1 aliphatic rings. The maximum absolute atomic E-state index is 4.43. The van der Waals surface area contributed by atoms with Crippen LogP contribution in [0.2, 0.25) is 0 Å². The summed E-state index contributed by atoms with van der Waals surface area (Å²) >= 11 is 0. The van der Waals surface area contributed by atoms with Gasteiger partial charge >= 0.3 is 0 Å². The van der Waals surface area contributed by atoms with Gasteiger partial charge in [0.15, 0.2) is 0 Å². The van der Waals surface area contributed by atoms with Gasteiger partial charge in [-0.25, -0.2) is 0 Å². The van der Waals surface area contributed by atoms with Crippen LogP contribution in [0.25, 0.3) is 5.70 Å². The summed E-state index contributed by atoms with van der Waals surface area (Å²) in [5.41, 5.74) is 3.22. The monoisotopic (exact) mass is 314 g/mol. The molecule has 0 unspecified atom stereocenters. The maximum atomic E-state index is 4.43. The van der Waals surface area contributed by atoms with Crippen LogP contribution in [0, 0.1) is 0 Å². The lowest BCUT2D eigenvalue weighted by atomic mass is 10.2. The van der Waals surface area contributed by atoms with Gasteiger partial charge < -0.3 is 5.32 Å². The molecule has 1 aromatic rings. The highest BCUT2D eigenvalue weighted by atomic mass is 31.1. The molecule has 0 amide bonds. The number of allylic oxidation sites excluding steroid dienone is 3. The summed E-state index contributed by atoms with van der Waals surface area (Å²) in [5.74, 6) is 2.43. The van der Waals surface area contributed by atoms with Crippen LogP contribution in [0.5, 0.6) is 0 Å². The molecule has 0 radical (unpaired) electrons. The van der Waals surface area contributed by atoms with Gasteiger partial charge in [-0.2, -0.15) is 0 Å². The zero-order chi connectivity index (χ0) is 16.4. The lowest BCUT2D eigenvalue weighted by Gasteiger charge is -2.40. The highest BCUT2D eigenvalue weighted by molar-refractivity contribution is 7.64. The summed E-state index contributed by atoms with van der Waals surface area (Å²) in [6, 6.07) is 5.99. The SMILES string of the molecule is CC(C)(C)P(C=C1C=CC=C(c2ccccn2)N1)C(C)(C)C. The van der Waals surface area contributed by atoms with E-state index < -0.39 is 0 Å². The van der Waals surface area contributed by atoms with E-state index in [1.807, 2.05) is 24.4 Å². The van der Waals surface area contributed by atoms with Gasteiger partial charge in [-0.05, 0) is 40.4 Å². The lowest BCUT2D eigenvalue weighted by Crippen LogP contribution is -2.25. The molecule has 0 spiro atoms. The smallest absolute Gasteiger partial charge is 0.0864 e. The Hall–Kier alpha value is -1.40. The number of nitrogens with one attached hydrogen (secondary N) is 1. The molecule has 1 aromatic heterocycles. The molecule has 3 heteroatoms. The average Bonchev–Trinajstić information content (AvgIpc) is 2.44. The summed E-state index contributed by atoms with van der Waals surface area (Å²) in [4.78, 5) is 4.43. The van der Waals surface area contributed by atoms with E-state index in [4.69, 9.17) is 0 Å². The van der Waals surface area contributed by atoms with E-state index in [1.165, 1.54) is 5.70 Å². The zero-order valence-electron chi connectivity index (χ0n) is 14.5. The molecule has 0 aromatic carbocycles. The Balaban J connectivity index is 2.27. The Morgan fingerprint density at radius 2 is 1.73 bits per heavy atom. The number of hydrogen-bond donors (Lipinski definition) is 1. The molecule has 0 bridgehead atoms. The molecule has 2 rings (SSSR count). The zero-order valence-corrected chi connectivity index (χ0v) is 15.4. The van der Waals surface area contributed by atoms with E-state index in [9.17, 15) is 0 Å². The van der Waals surface area contributed by atoms with Crippen LogP contribution < -0.4 is 5.32 Å². The van der Waals surface area contributed by atoms with Gasteiger partial charge in [0.2, 0.25) is 0 Å². The van der Waals surface area contributed by atoms with E-state index in [1.54, 1.807) is 0 Å². The van der Waals surface area contributed by atoms with Crippen molar-refractivity contribution in [3.8, 4) is 0 Å². The second-order valence-electron chi connectivity index (χ2n) is 7.58. The van der Waals surface area contributed by atoms with Crippen LogP contribution in [-0.2, 0) is 0 Å². The highest BCUT2D eigenvalue weighted by Gasteiger charge is 2.33. The van der Waals surface area contributed by atoms with Crippen molar-refractivity contribution in [1.82, 2.24) is 10.3 Å². The molecule has 1 aliphatic heterocycles. The van der Waals surface area contributed by atoms with Crippen LogP contribution >= 0.6 is 7.92 Å². The third-order valence-corrected chi connectivity index (χ3v) is 6.90. The molecule has 0 saturated heterocycles. The fourth-order valence-corrected chi connectivity index (χ4v) is 5.98. The minimum absolute atomic E-state index is 0.277. The van der Waals surface area contributed by atoms with Crippen LogP contribution in [0.1, 0.15) is 47.2 Å². The van der Waals surface area contributed by atoms with E-state index in [0.29, 0.717) is 0 Å². The molecule has 118 valence electrons. The minimum Gasteiger partial charge on any atom is -0.354 e. The normalized spacial score (nSPS) is 17.6. The number of aromatic nitrogens is 1. The first-order valence-corrected chi connectivity index (χ1v) is 9.17. The number of rotatable bonds is 2. The van der Waals surface area contributed by atoms with Gasteiger partial charge in [0.1, 0.15) is 0 Å². The molecule has 2 heterocycles. The van der Waals surface area contributed by atoms with Gasteiger partial charge in [-0.1, -0.05) is 61.6 Å².